The van der Waals surface area contributed by atoms with Crippen LogP contribution in [0.2, 0.25) is 0 Å². The lowest BCUT2D eigenvalue weighted by molar-refractivity contribution is -0.120. The standard InChI is InChI=1S/C15H25N3O/c1-5-11(4)17-14-9-8-13(10-16-14)18-15(19)12(6-2)7-3/h8-12H,5-7H2,1-4H3,(H,16,17)(H,18,19). The van der Waals surface area contributed by atoms with Crippen molar-refractivity contribution in [2.45, 2.75) is 53.0 Å². The number of rotatable bonds is 7. The van der Waals surface area contributed by atoms with Gasteiger partial charge in [0.1, 0.15) is 5.82 Å². The number of amides is 1. The molecule has 4 heteroatoms. The first-order valence-corrected chi connectivity index (χ1v) is 7.14. The summed E-state index contributed by atoms with van der Waals surface area (Å²) in [7, 11) is 0. The Bertz CT molecular complexity index is 385. The van der Waals surface area contributed by atoms with Crippen LogP contribution in [-0.2, 0) is 4.79 Å². The van der Waals surface area contributed by atoms with Crippen LogP contribution in [0.25, 0.3) is 0 Å². The van der Waals surface area contributed by atoms with Gasteiger partial charge < -0.3 is 10.6 Å². The molecule has 0 bridgehead atoms. The topological polar surface area (TPSA) is 54.0 Å². The number of carbonyl (C=O) groups is 1. The van der Waals surface area contributed by atoms with Crippen LogP contribution < -0.4 is 10.6 Å². The number of pyridine rings is 1. The summed E-state index contributed by atoms with van der Waals surface area (Å²) in [6.45, 7) is 8.31. The molecule has 1 amide bonds. The first kappa shape index (κ1) is 15.5. The molecular weight excluding hydrogens is 238 g/mol. The van der Waals surface area contributed by atoms with Crippen molar-refractivity contribution in [2.75, 3.05) is 10.6 Å². The molecule has 0 saturated carbocycles. The molecular formula is C15H25N3O. The van der Waals surface area contributed by atoms with Crippen LogP contribution in [0.4, 0.5) is 11.5 Å². The second kappa shape index (κ2) is 7.77. The minimum atomic E-state index is 0.0782. The van der Waals surface area contributed by atoms with Crippen LogP contribution in [0.3, 0.4) is 0 Å². The molecule has 0 spiro atoms. The summed E-state index contributed by atoms with van der Waals surface area (Å²) in [6, 6.07) is 4.18. The van der Waals surface area contributed by atoms with E-state index in [-0.39, 0.29) is 11.8 Å². The van der Waals surface area contributed by atoms with Crippen LogP contribution >= 0.6 is 0 Å². The third kappa shape index (κ3) is 4.89. The van der Waals surface area contributed by atoms with Crippen LogP contribution in [0.15, 0.2) is 18.3 Å². The zero-order chi connectivity index (χ0) is 14.3. The van der Waals surface area contributed by atoms with Gasteiger partial charge in [0, 0.05) is 12.0 Å². The van der Waals surface area contributed by atoms with Gasteiger partial charge in [0.25, 0.3) is 0 Å². The highest BCUT2D eigenvalue weighted by molar-refractivity contribution is 5.92. The molecule has 0 radical (unpaired) electrons. The fourth-order valence-electron chi connectivity index (χ4n) is 1.81. The Morgan fingerprint density at radius 1 is 1.21 bits per heavy atom. The van der Waals surface area contributed by atoms with Crippen LogP contribution in [0, 0.1) is 5.92 Å². The Morgan fingerprint density at radius 2 is 1.89 bits per heavy atom. The van der Waals surface area contributed by atoms with E-state index in [9.17, 15) is 4.79 Å². The van der Waals surface area contributed by atoms with E-state index in [1.54, 1.807) is 6.20 Å². The lowest BCUT2D eigenvalue weighted by atomic mass is 10.0. The Morgan fingerprint density at radius 3 is 2.37 bits per heavy atom. The molecule has 0 aliphatic carbocycles. The molecule has 0 saturated heterocycles. The van der Waals surface area contributed by atoms with Gasteiger partial charge in [0.05, 0.1) is 11.9 Å². The highest BCUT2D eigenvalue weighted by atomic mass is 16.1. The summed E-state index contributed by atoms with van der Waals surface area (Å²) < 4.78 is 0. The van der Waals surface area contributed by atoms with Crippen LogP contribution in [-0.4, -0.2) is 16.9 Å². The summed E-state index contributed by atoms with van der Waals surface area (Å²) in [5.74, 6) is 1.00. The fourth-order valence-corrected chi connectivity index (χ4v) is 1.81. The predicted octanol–water partition coefficient (Wildman–Crippen LogP) is 3.67. The molecule has 0 aliphatic rings. The Kier molecular flexibility index (Phi) is 6.33. The quantitative estimate of drug-likeness (QED) is 0.789. The molecule has 106 valence electrons. The van der Waals surface area contributed by atoms with Crippen LogP contribution in [0.5, 0.6) is 0 Å². The molecule has 2 N–H and O–H groups in total. The SMILES string of the molecule is CCC(C)Nc1ccc(NC(=O)C(CC)CC)cn1. The maximum Gasteiger partial charge on any atom is 0.227 e. The van der Waals surface area contributed by atoms with Gasteiger partial charge in [-0.15, -0.1) is 0 Å². The van der Waals surface area contributed by atoms with Gasteiger partial charge in [-0.05, 0) is 38.3 Å². The summed E-state index contributed by atoms with van der Waals surface area (Å²) >= 11 is 0. The van der Waals surface area contributed by atoms with Crippen molar-refractivity contribution in [2.24, 2.45) is 5.92 Å². The lowest BCUT2D eigenvalue weighted by Gasteiger charge is -2.14. The second-order valence-corrected chi connectivity index (χ2v) is 4.89. The van der Waals surface area contributed by atoms with Crippen LogP contribution in [0.1, 0.15) is 47.0 Å². The average molecular weight is 263 g/mol. The van der Waals surface area contributed by atoms with Gasteiger partial charge >= 0.3 is 0 Å². The van der Waals surface area contributed by atoms with Crippen molar-refractivity contribution in [3.63, 3.8) is 0 Å². The number of hydrogen-bond acceptors (Lipinski definition) is 3. The maximum atomic E-state index is 11.9. The molecule has 0 fully saturated rings. The van der Waals surface area contributed by atoms with Crippen molar-refractivity contribution >= 4 is 17.4 Å². The molecule has 1 atom stereocenters. The highest BCUT2D eigenvalue weighted by Gasteiger charge is 2.14. The zero-order valence-electron chi connectivity index (χ0n) is 12.4. The molecule has 1 unspecified atom stereocenters. The van der Waals surface area contributed by atoms with E-state index in [0.717, 1.165) is 30.8 Å². The van der Waals surface area contributed by atoms with Crippen molar-refractivity contribution in [1.82, 2.24) is 4.98 Å². The summed E-state index contributed by atoms with van der Waals surface area (Å²) in [4.78, 5) is 16.2. The van der Waals surface area contributed by atoms with Gasteiger partial charge in [-0.1, -0.05) is 20.8 Å². The number of nitrogens with zero attached hydrogens (tertiary/aromatic N) is 1. The molecule has 1 aromatic heterocycles. The third-order valence-electron chi connectivity index (χ3n) is 3.39. The van der Waals surface area contributed by atoms with E-state index in [0.29, 0.717) is 6.04 Å². The Labute approximate surface area is 116 Å². The molecule has 1 rings (SSSR count). The third-order valence-corrected chi connectivity index (χ3v) is 3.39. The highest BCUT2D eigenvalue weighted by Crippen LogP contribution is 2.14. The molecule has 19 heavy (non-hydrogen) atoms. The molecule has 0 aromatic carbocycles. The van der Waals surface area contributed by atoms with Gasteiger partial charge in [0.15, 0.2) is 0 Å². The van der Waals surface area contributed by atoms with Gasteiger partial charge in [-0.2, -0.15) is 0 Å². The van der Waals surface area contributed by atoms with E-state index in [1.165, 1.54) is 0 Å². The number of carbonyl (C=O) groups excluding carboxylic acids is 1. The Hall–Kier alpha value is -1.58. The van der Waals surface area contributed by atoms with Crippen molar-refractivity contribution in [1.29, 1.82) is 0 Å². The summed E-state index contributed by atoms with van der Waals surface area (Å²) in [5, 5.41) is 6.20. The molecule has 1 heterocycles. The van der Waals surface area contributed by atoms with Gasteiger partial charge in [0.2, 0.25) is 5.91 Å². The number of hydrogen-bond donors (Lipinski definition) is 2. The minimum absolute atomic E-state index is 0.0782. The van der Waals surface area contributed by atoms with Crippen molar-refractivity contribution in [3.05, 3.63) is 18.3 Å². The zero-order valence-corrected chi connectivity index (χ0v) is 12.4. The number of anilines is 2. The summed E-state index contributed by atoms with van der Waals surface area (Å²) in [5.41, 5.74) is 0.756. The van der Waals surface area contributed by atoms with E-state index >= 15 is 0 Å². The normalized spacial score (nSPS) is 12.3. The van der Waals surface area contributed by atoms with E-state index < -0.39 is 0 Å². The maximum absolute atomic E-state index is 11.9. The van der Waals surface area contributed by atoms with Crippen molar-refractivity contribution in [3.8, 4) is 0 Å². The van der Waals surface area contributed by atoms with Crippen molar-refractivity contribution < 1.29 is 4.79 Å². The van der Waals surface area contributed by atoms with Gasteiger partial charge in [-0.3, -0.25) is 4.79 Å². The number of aromatic nitrogens is 1. The average Bonchev–Trinajstić information content (AvgIpc) is 2.42. The molecule has 1 aromatic rings. The number of nitrogens with one attached hydrogen (secondary N) is 2. The largest absolute Gasteiger partial charge is 0.368 e. The molecule has 4 nitrogen and oxygen atoms in total. The monoisotopic (exact) mass is 263 g/mol. The van der Waals surface area contributed by atoms with E-state index in [2.05, 4.69) is 29.5 Å². The minimum Gasteiger partial charge on any atom is -0.368 e. The summed E-state index contributed by atoms with van der Waals surface area (Å²) in [6.07, 6.45) is 4.48. The van der Waals surface area contributed by atoms with E-state index in [4.69, 9.17) is 0 Å². The molecule has 0 aliphatic heterocycles. The van der Waals surface area contributed by atoms with E-state index in [1.807, 2.05) is 26.0 Å². The second-order valence-electron chi connectivity index (χ2n) is 4.89. The van der Waals surface area contributed by atoms with Gasteiger partial charge in [-0.25, -0.2) is 4.98 Å². The predicted molar refractivity (Wildman–Crippen MR) is 80.3 cm³/mol. The Balaban J connectivity index is 2.59. The first-order chi connectivity index (χ1) is 9.10. The fraction of sp³-hybridized carbons (Fsp3) is 0.600. The smallest absolute Gasteiger partial charge is 0.227 e. The lowest BCUT2D eigenvalue weighted by Crippen LogP contribution is -2.21. The first-order valence-electron chi connectivity index (χ1n) is 7.14.